The minimum absolute atomic E-state index is 0.517. The summed E-state index contributed by atoms with van der Waals surface area (Å²) >= 11 is 6.11. The first kappa shape index (κ1) is 13.3. The topological polar surface area (TPSA) is 43.8 Å². The number of carbonyl (C=O) groups is 1. The van der Waals surface area contributed by atoms with E-state index in [4.69, 9.17) is 11.6 Å². The molecule has 1 heterocycles. The SMILES string of the molecule is CN1CCN(C(C(=O)O)c2ccccc2Cl)CC1. The Morgan fingerprint density at radius 2 is 1.89 bits per heavy atom. The Kier molecular flexibility index (Phi) is 4.22. The van der Waals surface area contributed by atoms with Crippen LogP contribution in [0.2, 0.25) is 5.02 Å². The second kappa shape index (κ2) is 5.69. The summed E-state index contributed by atoms with van der Waals surface area (Å²) in [5, 5.41) is 9.97. The van der Waals surface area contributed by atoms with Gasteiger partial charge in [-0.2, -0.15) is 0 Å². The molecule has 1 aromatic rings. The third-order valence-corrected chi connectivity index (χ3v) is 3.68. The summed E-state index contributed by atoms with van der Waals surface area (Å²) in [6.45, 7) is 3.26. The standard InChI is InChI=1S/C13H17ClN2O2/c1-15-6-8-16(9-7-15)12(13(17)18)10-4-2-3-5-11(10)14/h2-5,12H,6-9H2,1H3,(H,17,18). The van der Waals surface area contributed by atoms with Gasteiger partial charge in [0.2, 0.25) is 0 Å². The van der Waals surface area contributed by atoms with Crippen LogP contribution in [0.1, 0.15) is 11.6 Å². The summed E-state index contributed by atoms with van der Waals surface area (Å²) in [5.74, 6) is -0.840. The highest BCUT2D eigenvalue weighted by Crippen LogP contribution is 2.28. The van der Waals surface area contributed by atoms with E-state index in [1.165, 1.54) is 0 Å². The number of likely N-dealkylation sites (N-methyl/N-ethyl adjacent to an activating group) is 1. The molecule has 0 aliphatic carbocycles. The van der Waals surface area contributed by atoms with E-state index < -0.39 is 12.0 Å². The lowest BCUT2D eigenvalue weighted by Gasteiger charge is -2.36. The van der Waals surface area contributed by atoms with E-state index >= 15 is 0 Å². The number of benzene rings is 1. The Balaban J connectivity index is 2.24. The van der Waals surface area contributed by atoms with Gasteiger partial charge in [0.1, 0.15) is 6.04 Å². The summed E-state index contributed by atoms with van der Waals surface area (Å²) < 4.78 is 0. The predicted octanol–water partition coefficient (Wildman–Crippen LogP) is 1.71. The van der Waals surface area contributed by atoms with Crippen LogP contribution in [-0.2, 0) is 4.79 Å². The molecule has 1 saturated heterocycles. The van der Waals surface area contributed by atoms with Crippen LogP contribution in [0.15, 0.2) is 24.3 Å². The maximum absolute atomic E-state index is 11.5. The molecule has 2 rings (SSSR count). The zero-order valence-corrected chi connectivity index (χ0v) is 11.1. The van der Waals surface area contributed by atoms with Crippen LogP contribution in [0.3, 0.4) is 0 Å². The largest absolute Gasteiger partial charge is 0.480 e. The average Bonchev–Trinajstić information content (AvgIpc) is 2.34. The van der Waals surface area contributed by atoms with Gasteiger partial charge in [-0.3, -0.25) is 9.69 Å². The van der Waals surface area contributed by atoms with Crippen LogP contribution in [0, 0.1) is 0 Å². The first-order valence-electron chi connectivity index (χ1n) is 5.99. The predicted molar refractivity (Wildman–Crippen MR) is 70.9 cm³/mol. The van der Waals surface area contributed by atoms with Gasteiger partial charge in [-0.05, 0) is 18.7 Å². The molecule has 1 N–H and O–H groups in total. The van der Waals surface area contributed by atoms with E-state index in [-0.39, 0.29) is 0 Å². The Hall–Kier alpha value is -1.10. The zero-order chi connectivity index (χ0) is 13.1. The highest BCUT2D eigenvalue weighted by Gasteiger charge is 2.30. The molecule has 0 saturated carbocycles. The number of carboxylic acid groups (broad SMARTS) is 1. The van der Waals surface area contributed by atoms with Crippen molar-refractivity contribution in [2.24, 2.45) is 0 Å². The van der Waals surface area contributed by atoms with Gasteiger partial charge in [0.25, 0.3) is 0 Å². The smallest absolute Gasteiger partial charge is 0.325 e. The van der Waals surface area contributed by atoms with Crippen LogP contribution < -0.4 is 0 Å². The minimum Gasteiger partial charge on any atom is -0.480 e. The molecule has 0 amide bonds. The van der Waals surface area contributed by atoms with E-state index in [1.807, 2.05) is 24.1 Å². The minimum atomic E-state index is -0.840. The lowest BCUT2D eigenvalue weighted by Crippen LogP contribution is -2.47. The van der Waals surface area contributed by atoms with Crippen molar-refractivity contribution in [3.05, 3.63) is 34.9 Å². The van der Waals surface area contributed by atoms with Crippen molar-refractivity contribution >= 4 is 17.6 Å². The van der Waals surface area contributed by atoms with Crippen molar-refractivity contribution in [3.8, 4) is 0 Å². The average molecular weight is 269 g/mol. The maximum Gasteiger partial charge on any atom is 0.325 e. The Morgan fingerprint density at radius 3 is 2.44 bits per heavy atom. The fourth-order valence-corrected chi connectivity index (χ4v) is 2.50. The van der Waals surface area contributed by atoms with Gasteiger partial charge in [0.05, 0.1) is 0 Å². The normalized spacial score (nSPS) is 19.7. The number of hydrogen-bond acceptors (Lipinski definition) is 3. The third kappa shape index (κ3) is 2.83. The molecule has 1 fully saturated rings. The number of rotatable bonds is 3. The molecular weight excluding hydrogens is 252 g/mol. The van der Waals surface area contributed by atoms with Gasteiger partial charge in [-0.15, -0.1) is 0 Å². The molecule has 0 radical (unpaired) electrons. The summed E-state index contributed by atoms with van der Waals surface area (Å²) in [6.07, 6.45) is 0. The van der Waals surface area contributed by atoms with Crippen molar-refractivity contribution in [3.63, 3.8) is 0 Å². The van der Waals surface area contributed by atoms with Gasteiger partial charge >= 0.3 is 5.97 Å². The molecule has 1 aromatic carbocycles. The third-order valence-electron chi connectivity index (χ3n) is 3.34. The first-order valence-corrected chi connectivity index (χ1v) is 6.37. The van der Waals surface area contributed by atoms with Crippen LogP contribution in [0.5, 0.6) is 0 Å². The fourth-order valence-electron chi connectivity index (χ4n) is 2.26. The van der Waals surface area contributed by atoms with Crippen LogP contribution in [0.4, 0.5) is 0 Å². The molecule has 1 atom stereocenters. The Bertz CT molecular complexity index is 431. The zero-order valence-electron chi connectivity index (χ0n) is 10.3. The van der Waals surface area contributed by atoms with Gasteiger partial charge in [-0.25, -0.2) is 0 Å². The van der Waals surface area contributed by atoms with Crippen molar-refractivity contribution in [1.29, 1.82) is 0 Å². The molecule has 1 unspecified atom stereocenters. The first-order chi connectivity index (χ1) is 8.59. The lowest BCUT2D eigenvalue weighted by molar-refractivity contribution is -0.144. The highest BCUT2D eigenvalue weighted by atomic mass is 35.5. The molecule has 0 spiro atoms. The molecule has 1 aliphatic rings. The van der Waals surface area contributed by atoms with E-state index in [0.717, 1.165) is 26.2 Å². The van der Waals surface area contributed by atoms with Gasteiger partial charge in [0, 0.05) is 31.2 Å². The van der Waals surface area contributed by atoms with E-state index in [9.17, 15) is 9.90 Å². The number of carboxylic acids is 1. The number of piperazine rings is 1. The molecule has 5 heteroatoms. The fraction of sp³-hybridized carbons (Fsp3) is 0.462. The second-order valence-corrected chi connectivity index (χ2v) is 5.01. The molecule has 0 aromatic heterocycles. The van der Waals surface area contributed by atoms with Crippen molar-refractivity contribution in [1.82, 2.24) is 9.80 Å². The number of aliphatic carboxylic acids is 1. The van der Waals surface area contributed by atoms with Crippen molar-refractivity contribution < 1.29 is 9.90 Å². The summed E-state index contributed by atoms with van der Waals surface area (Å²) in [5.41, 5.74) is 0.677. The quantitative estimate of drug-likeness (QED) is 0.907. The number of nitrogens with zero attached hydrogens (tertiary/aromatic N) is 2. The van der Waals surface area contributed by atoms with E-state index in [2.05, 4.69) is 4.90 Å². The lowest BCUT2D eigenvalue weighted by atomic mass is 10.0. The monoisotopic (exact) mass is 268 g/mol. The van der Waals surface area contributed by atoms with Gasteiger partial charge < -0.3 is 10.0 Å². The van der Waals surface area contributed by atoms with Crippen molar-refractivity contribution in [2.75, 3.05) is 33.2 Å². The van der Waals surface area contributed by atoms with E-state index in [0.29, 0.717) is 10.6 Å². The maximum atomic E-state index is 11.5. The molecule has 98 valence electrons. The number of hydrogen-bond donors (Lipinski definition) is 1. The Labute approximate surface area is 112 Å². The Morgan fingerprint density at radius 1 is 1.28 bits per heavy atom. The van der Waals surface area contributed by atoms with Crippen LogP contribution >= 0.6 is 11.6 Å². The molecule has 18 heavy (non-hydrogen) atoms. The van der Waals surface area contributed by atoms with Crippen LogP contribution in [-0.4, -0.2) is 54.1 Å². The van der Waals surface area contributed by atoms with E-state index in [1.54, 1.807) is 12.1 Å². The molecule has 1 aliphatic heterocycles. The molecular formula is C13H17ClN2O2. The van der Waals surface area contributed by atoms with Crippen LogP contribution in [0.25, 0.3) is 0 Å². The molecule has 4 nitrogen and oxygen atoms in total. The van der Waals surface area contributed by atoms with Crippen molar-refractivity contribution in [2.45, 2.75) is 6.04 Å². The summed E-state index contributed by atoms with van der Waals surface area (Å²) in [6, 6.07) is 6.52. The summed E-state index contributed by atoms with van der Waals surface area (Å²) in [4.78, 5) is 15.7. The number of halogens is 1. The van der Waals surface area contributed by atoms with Gasteiger partial charge in [0.15, 0.2) is 0 Å². The summed E-state index contributed by atoms with van der Waals surface area (Å²) in [7, 11) is 2.04. The second-order valence-electron chi connectivity index (χ2n) is 4.60. The molecule has 0 bridgehead atoms. The van der Waals surface area contributed by atoms with Gasteiger partial charge in [-0.1, -0.05) is 29.8 Å². The highest BCUT2D eigenvalue weighted by molar-refractivity contribution is 6.31.